The lowest BCUT2D eigenvalue weighted by Crippen LogP contribution is -2.55. The zero-order valence-electron chi connectivity index (χ0n) is 14.1. The highest BCUT2D eigenvalue weighted by Gasteiger charge is 2.29. The number of hydrogen-bond acceptors (Lipinski definition) is 3. The number of nitrogens with two attached hydrogens (primary N) is 1. The summed E-state index contributed by atoms with van der Waals surface area (Å²) in [5.41, 5.74) is 6.60. The van der Waals surface area contributed by atoms with Crippen LogP contribution in [0.15, 0.2) is 12.1 Å². The second kappa shape index (κ2) is 8.45. The molecule has 1 unspecified atom stereocenters. The van der Waals surface area contributed by atoms with Gasteiger partial charge in [-0.25, -0.2) is 0 Å². The van der Waals surface area contributed by atoms with E-state index in [1.54, 1.807) is 13.8 Å². The molecule has 0 heterocycles. The second-order valence-electron chi connectivity index (χ2n) is 6.05. The van der Waals surface area contributed by atoms with Crippen LogP contribution in [0.25, 0.3) is 0 Å². The van der Waals surface area contributed by atoms with Crippen molar-refractivity contribution in [2.24, 2.45) is 11.7 Å². The summed E-state index contributed by atoms with van der Waals surface area (Å²) >= 11 is 0. The first-order valence-corrected chi connectivity index (χ1v) is 7.19. The minimum atomic E-state index is -2.89. The highest BCUT2D eigenvalue weighted by molar-refractivity contribution is 5.95. The Hall–Kier alpha value is -1.40. The third kappa shape index (κ3) is 5.32. The number of carbonyl (C=O) groups is 1. The molecule has 23 heavy (non-hydrogen) atoms. The molecule has 0 radical (unpaired) electrons. The molecule has 4 nitrogen and oxygen atoms in total. The first-order chi connectivity index (χ1) is 10.1. The van der Waals surface area contributed by atoms with Gasteiger partial charge >= 0.3 is 6.61 Å². The zero-order chi connectivity index (χ0) is 17.1. The van der Waals surface area contributed by atoms with E-state index in [2.05, 4.69) is 10.1 Å². The SMILES string of the molecule is Cc1cc(C(=O)NC(C)(CN)C(C)C)cc(C)c1OC(F)F.Cl. The van der Waals surface area contributed by atoms with E-state index in [4.69, 9.17) is 5.73 Å². The summed E-state index contributed by atoms with van der Waals surface area (Å²) in [6.07, 6.45) is 0. The molecular formula is C16H25ClF2N2O2. The van der Waals surface area contributed by atoms with Gasteiger partial charge in [-0.05, 0) is 49.9 Å². The first kappa shape index (κ1) is 21.6. The topological polar surface area (TPSA) is 64.4 Å². The van der Waals surface area contributed by atoms with E-state index in [0.717, 1.165) is 0 Å². The minimum absolute atomic E-state index is 0. The predicted molar refractivity (Wildman–Crippen MR) is 89.6 cm³/mol. The summed E-state index contributed by atoms with van der Waals surface area (Å²) in [7, 11) is 0. The lowest BCUT2D eigenvalue weighted by atomic mass is 9.88. The van der Waals surface area contributed by atoms with Crippen LogP contribution in [0, 0.1) is 19.8 Å². The van der Waals surface area contributed by atoms with Crippen LogP contribution in [0.3, 0.4) is 0 Å². The fraction of sp³-hybridized carbons (Fsp3) is 0.562. The van der Waals surface area contributed by atoms with E-state index in [0.29, 0.717) is 23.2 Å². The molecule has 0 bridgehead atoms. The number of carbonyl (C=O) groups excluding carboxylic acids is 1. The number of nitrogens with one attached hydrogen (secondary N) is 1. The Morgan fingerprint density at radius 2 is 1.78 bits per heavy atom. The maximum Gasteiger partial charge on any atom is 0.387 e. The van der Waals surface area contributed by atoms with Gasteiger partial charge in [-0.3, -0.25) is 4.79 Å². The number of aryl methyl sites for hydroxylation is 2. The summed E-state index contributed by atoms with van der Waals surface area (Å²) in [6.45, 7) is 6.51. The van der Waals surface area contributed by atoms with Gasteiger partial charge in [0, 0.05) is 12.1 Å². The van der Waals surface area contributed by atoms with Crippen molar-refractivity contribution in [1.82, 2.24) is 5.32 Å². The molecule has 0 spiro atoms. The summed E-state index contributed by atoms with van der Waals surface area (Å²) in [5.74, 6) is -0.0153. The van der Waals surface area contributed by atoms with Gasteiger partial charge in [0.1, 0.15) is 5.75 Å². The normalized spacial score (nSPS) is 13.5. The minimum Gasteiger partial charge on any atom is -0.434 e. The molecule has 1 aromatic carbocycles. The Morgan fingerprint density at radius 3 is 2.13 bits per heavy atom. The standard InChI is InChI=1S/C16H24F2N2O2.ClH/c1-9(2)16(5,8-19)20-14(21)12-6-10(3)13(11(4)7-12)22-15(17)18;/h6-7,9,15H,8,19H2,1-5H3,(H,20,21);1H. The van der Waals surface area contributed by atoms with Crippen LogP contribution < -0.4 is 15.8 Å². The molecule has 1 rings (SSSR count). The summed E-state index contributed by atoms with van der Waals surface area (Å²) < 4.78 is 29.2. The van der Waals surface area contributed by atoms with E-state index < -0.39 is 12.2 Å². The smallest absolute Gasteiger partial charge is 0.387 e. The van der Waals surface area contributed by atoms with Crippen molar-refractivity contribution in [1.29, 1.82) is 0 Å². The molecular weight excluding hydrogens is 326 g/mol. The fourth-order valence-electron chi connectivity index (χ4n) is 2.12. The quantitative estimate of drug-likeness (QED) is 0.826. The lowest BCUT2D eigenvalue weighted by molar-refractivity contribution is -0.0507. The van der Waals surface area contributed by atoms with Crippen LogP contribution in [0.5, 0.6) is 5.75 Å². The van der Waals surface area contributed by atoms with Gasteiger partial charge in [0.05, 0.1) is 5.54 Å². The Balaban J connectivity index is 0.00000484. The number of rotatable bonds is 6. The molecule has 0 aliphatic heterocycles. The summed E-state index contributed by atoms with van der Waals surface area (Å²) in [4.78, 5) is 12.4. The van der Waals surface area contributed by atoms with Crippen molar-refractivity contribution in [2.45, 2.75) is 46.8 Å². The number of alkyl halides is 2. The maximum absolute atomic E-state index is 12.4. The number of benzene rings is 1. The van der Waals surface area contributed by atoms with Gasteiger partial charge in [0.25, 0.3) is 5.91 Å². The Labute approximate surface area is 142 Å². The van der Waals surface area contributed by atoms with Gasteiger partial charge in [-0.1, -0.05) is 13.8 Å². The van der Waals surface area contributed by atoms with Crippen LogP contribution >= 0.6 is 12.4 Å². The number of halogens is 3. The van der Waals surface area contributed by atoms with Gasteiger partial charge in [0.15, 0.2) is 0 Å². The van der Waals surface area contributed by atoms with Gasteiger partial charge in [-0.2, -0.15) is 8.78 Å². The molecule has 1 aromatic rings. The van der Waals surface area contributed by atoms with Crippen LogP contribution in [0.1, 0.15) is 42.3 Å². The Morgan fingerprint density at radius 1 is 1.30 bits per heavy atom. The van der Waals surface area contributed by atoms with Gasteiger partial charge in [-0.15, -0.1) is 12.4 Å². The molecule has 0 aliphatic rings. The second-order valence-corrected chi connectivity index (χ2v) is 6.05. The van der Waals surface area contributed by atoms with Gasteiger partial charge < -0.3 is 15.8 Å². The van der Waals surface area contributed by atoms with Crippen molar-refractivity contribution in [2.75, 3.05) is 6.54 Å². The van der Waals surface area contributed by atoms with Crippen molar-refractivity contribution in [3.05, 3.63) is 28.8 Å². The van der Waals surface area contributed by atoms with Gasteiger partial charge in [0.2, 0.25) is 0 Å². The number of hydrogen-bond donors (Lipinski definition) is 2. The predicted octanol–water partition coefficient (Wildman–Crippen LogP) is 3.43. The van der Waals surface area contributed by atoms with Crippen LogP contribution in [-0.4, -0.2) is 24.6 Å². The Kier molecular flexibility index (Phi) is 7.94. The summed E-state index contributed by atoms with van der Waals surface area (Å²) in [6, 6.07) is 3.08. The van der Waals surface area contributed by atoms with E-state index in [1.165, 1.54) is 12.1 Å². The molecule has 0 saturated heterocycles. The molecule has 1 amide bonds. The van der Waals surface area contributed by atoms with E-state index in [9.17, 15) is 13.6 Å². The number of ether oxygens (including phenoxy) is 1. The molecule has 0 aromatic heterocycles. The molecule has 3 N–H and O–H groups in total. The van der Waals surface area contributed by atoms with Crippen LogP contribution in [-0.2, 0) is 0 Å². The number of amides is 1. The van der Waals surface area contributed by atoms with E-state index in [-0.39, 0.29) is 30.0 Å². The van der Waals surface area contributed by atoms with Crippen molar-refractivity contribution in [3.8, 4) is 5.75 Å². The van der Waals surface area contributed by atoms with Crippen LogP contribution in [0.2, 0.25) is 0 Å². The van der Waals surface area contributed by atoms with Crippen LogP contribution in [0.4, 0.5) is 8.78 Å². The summed E-state index contributed by atoms with van der Waals surface area (Å²) in [5, 5.41) is 2.92. The maximum atomic E-state index is 12.4. The van der Waals surface area contributed by atoms with E-state index >= 15 is 0 Å². The first-order valence-electron chi connectivity index (χ1n) is 7.19. The average molecular weight is 351 g/mol. The highest BCUT2D eigenvalue weighted by atomic mass is 35.5. The monoisotopic (exact) mass is 350 g/mol. The van der Waals surface area contributed by atoms with Crippen molar-refractivity contribution in [3.63, 3.8) is 0 Å². The van der Waals surface area contributed by atoms with Crippen molar-refractivity contribution < 1.29 is 18.3 Å². The molecule has 7 heteroatoms. The Bertz CT molecular complexity index is 530. The third-order valence-electron chi connectivity index (χ3n) is 4.03. The van der Waals surface area contributed by atoms with E-state index in [1.807, 2.05) is 20.8 Å². The fourth-order valence-corrected chi connectivity index (χ4v) is 2.12. The third-order valence-corrected chi connectivity index (χ3v) is 4.03. The molecule has 0 aliphatic carbocycles. The zero-order valence-corrected chi connectivity index (χ0v) is 14.9. The molecule has 132 valence electrons. The lowest BCUT2D eigenvalue weighted by Gasteiger charge is -2.33. The average Bonchev–Trinajstić information content (AvgIpc) is 2.41. The molecule has 0 saturated carbocycles. The highest BCUT2D eigenvalue weighted by Crippen LogP contribution is 2.27. The molecule has 0 fully saturated rings. The molecule has 1 atom stereocenters. The van der Waals surface area contributed by atoms with Crippen molar-refractivity contribution >= 4 is 18.3 Å². The largest absolute Gasteiger partial charge is 0.434 e.